The molecule has 0 saturated heterocycles. The average Bonchev–Trinajstić information content (AvgIpc) is 4.11. The summed E-state index contributed by atoms with van der Waals surface area (Å²) in [5.41, 5.74) is 16.4. The van der Waals surface area contributed by atoms with E-state index in [9.17, 15) is 0 Å². The fraction of sp³-hybridized carbons (Fsp3) is 0.132. The molecule has 13 rings (SSSR count). The minimum atomic E-state index is -0.0477. The second-order valence-electron chi connectivity index (χ2n) is 21.7. The van der Waals surface area contributed by atoms with E-state index < -0.39 is 0 Å². The summed E-state index contributed by atoms with van der Waals surface area (Å²) >= 11 is 1.85. The SMILES string of the molecule is CC(C)(C)c1ccc(-c2cccc(-c3cccc(-c4ccccc4)c3)c2N2CN(c3cccc(Oc4ccc5c6sc7ccc8ccccc8c7c6n(-c6cc(C(C)(C)C)ccn6)c5c4)c3)c3ccccc32)cc1. The van der Waals surface area contributed by atoms with Gasteiger partial charge in [0.2, 0.25) is 0 Å². The lowest BCUT2D eigenvalue weighted by Gasteiger charge is -2.28. The second-order valence-corrected chi connectivity index (χ2v) is 22.7. The van der Waals surface area contributed by atoms with Crippen LogP contribution in [0.5, 0.6) is 11.5 Å². The third-order valence-corrected chi connectivity index (χ3v) is 16.0. The summed E-state index contributed by atoms with van der Waals surface area (Å²) in [4.78, 5) is 9.99. The summed E-state index contributed by atoms with van der Waals surface area (Å²) in [6.45, 7) is 14.2. The lowest BCUT2D eigenvalue weighted by molar-refractivity contribution is 0.483. The highest BCUT2D eigenvalue weighted by Gasteiger charge is 2.32. The summed E-state index contributed by atoms with van der Waals surface area (Å²) in [5.74, 6) is 2.43. The summed E-state index contributed by atoms with van der Waals surface area (Å²) in [7, 11) is 0. The Bertz CT molecular complexity index is 4120. The van der Waals surface area contributed by atoms with Crippen LogP contribution < -0.4 is 14.5 Å². The maximum atomic E-state index is 6.95. The molecule has 0 atom stereocenters. The summed E-state index contributed by atoms with van der Waals surface area (Å²) in [6, 6.07) is 77.1. The van der Waals surface area contributed by atoms with Crippen molar-refractivity contribution < 1.29 is 4.74 Å². The first kappa shape index (κ1) is 45.4. The summed E-state index contributed by atoms with van der Waals surface area (Å²) < 4.78 is 11.8. The number of rotatable bonds is 8. The van der Waals surface area contributed by atoms with Crippen LogP contribution in [-0.4, -0.2) is 16.2 Å². The molecule has 0 radical (unpaired) electrons. The topological polar surface area (TPSA) is 33.5 Å². The highest BCUT2D eigenvalue weighted by Crippen LogP contribution is 2.51. The highest BCUT2D eigenvalue weighted by molar-refractivity contribution is 7.27. The van der Waals surface area contributed by atoms with Gasteiger partial charge in [-0.3, -0.25) is 4.57 Å². The molecule has 12 aromatic rings. The smallest absolute Gasteiger partial charge is 0.137 e. The van der Waals surface area contributed by atoms with E-state index in [0.717, 1.165) is 39.9 Å². The summed E-state index contributed by atoms with van der Waals surface area (Å²) in [6.07, 6.45) is 1.96. The Hall–Kier alpha value is -8.45. The third-order valence-electron chi connectivity index (χ3n) is 14.8. The first-order chi connectivity index (χ1) is 35.9. The van der Waals surface area contributed by atoms with Crippen molar-refractivity contribution in [2.75, 3.05) is 16.5 Å². The maximum absolute atomic E-state index is 6.95. The lowest BCUT2D eigenvalue weighted by Crippen LogP contribution is -2.25. The lowest BCUT2D eigenvalue weighted by atomic mass is 9.85. The van der Waals surface area contributed by atoms with E-state index >= 15 is 0 Å². The largest absolute Gasteiger partial charge is 0.457 e. The van der Waals surface area contributed by atoms with Crippen molar-refractivity contribution in [3.05, 3.63) is 230 Å². The van der Waals surface area contributed by atoms with Crippen LogP contribution in [0.25, 0.3) is 81.2 Å². The molecule has 0 unspecified atom stereocenters. The highest BCUT2D eigenvalue weighted by atomic mass is 32.1. The Labute approximate surface area is 437 Å². The molecule has 1 aliphatic heterocycles. The van der Waals surface area contributed by atoms with E-state index in [2.05, 4.69) is 268 Å². The fourth-order valence-corrected chi connectivity index (χ4v) is 12.2. The molecule has 74 heavy (non-hydrogen) atoms. The number of nitrogens with zero attached hydrogens (tertiary/aromatic N) is 4. The van der Waals surface area contributed by atoms with E-state index in [0.29, 0.717) is 6.67 Å². The van der Waals surface area contributed by atoms with E-state index in [1.54, 1.807) is 0 Å². The van der Waals surface area contributed by atoms with Gasteiger partial charge < -0.3 is 14.5 Å². The van der Waals surface area contributed by atoms with Gasteiger partial charge in [-0.2, -0.15) is 0 Å². The number of hydrogen-bond donors (Lipinski definition) is 0. The zero-order valence-corrected chi connectivity index (χ0v) is 43.4. The fourth-order valence-electron chi connectivity index (χ4n) is 11.0. The van der Waals surface area contributed by atoms with Crippen LogP contribution in [0, 0.1) is 0 Å². The van der Waals surface area contributed by atoms with Crippen molar-refractivity contribution >= 4 is 76.1 Å². The molecule has 360 valence electrons. The number of benzene rings is 9. The number of ether oxygens (including phenoxy) is 1. The number of para-hydroxylation sites is 3. The first-order valence-electron chi connectivity index (χ1n) is 25.6. The van der Waals surface area contributed by atoms with Crippen molar-refractivity contribution in [1.82, 2.24) is 9.55 Å². The van der Waals surface area contributed by atoms with Crippen LogP contribution in [0.3, 0.4) is 0 Å². The molecule has 0 spiro atoms. The van der Waals surface area contributed by atoms with Crippen LogP contribution in [0.2, 0.25) is 0 Å². The predicted molar refractivity (Wildman–Crippen MR) is 314 cm³/mol. The van der Waals surface area contributed by atoms with Gasteiger partial charge in [0.05, 0.1) is 32.8 Å². The number of hydrogen-bond acceptors (Lipinski definition) is 5. The molecule has 0 aliphatic carbocycles. The van der Waals surface area contributed by atoms with E-state index in [1.165, 1.54) is 86.7 Å². The van der Waals surface area contributed by atoms with Crippen molar-refractivity contribution in [3.8, 4) is 50.7 Å². The van der Waals surface area contributed by atoms with Gasteiger partial charge in [0.15, 0.2) is 0 Å². The molecule has 6 heteroatoms. The zero-order chi connectivity index (χ0) is 50.3. The van der Waals surface area contributed by atoms with Crippen molar-refractivity contribution in [3.63, 3.8) is 0 Å². The normalized spacial score (nSPS) is 12.9. The van der Waals surface area contributed by atoms with Crippen LogP contribution >= 0.6 is 11.3 Å². The molecule has 9 aromatic carbocycles. The summed E-state index contributed by atoms with van der Waals surface area (Å²) in [5, 5.41) is 4.91. The monoisotopic (exact) mass is 976 g/mol. The van der Waals surface area contributed by atoms with Gasteiger partial charge in [0.25, 0.3) is 0 Å². The van der Waals surface area contributed by atoms with E-state index in [4.69, 9.17) is 9.72 Å². The van der Waals surface area contributed by atoms with Gasteiger partial charge in [0, 0.05) is 50.6 Å². The van der Waals surface area contributed by atoms with Gasteiger partial charge in [-0.1, -0.05) is 181 Å². The van der Waals surface area contributed by atoms with Gasteiger partial charge in [-0.25, -0.2) is 4.98 Å². The molecule has 4 heterocycles. The second kappa shape index (κ2) is 17.6. The molecule has 0 fully saturated rings. The van der Waals surface area contributed by atoms with Crippen molar-refractivity contribution in [2.24, 2.45) is 0 Å². The standard InChI is InChI=1S/C68H56N4OS/c1-67(2,3)49-32-29-46(30-33-49)55-25-16-26-56(48-21-14-20-47(39-48)44-17-8-7-9-18-44)64(55)71-43-70(58-27-12-13-28-59(58)71)51-22-15-23-52(41-51)73-53-34-35-57-60(42-53)72(62-40-50(37-38-69-62)68(4,5)6)65-63-54-24-11-10-19-45(54)31-36-61(63)74-66(57)65/h7-42H,43H2,1-6H3. The number of aromatic nitrogens is 2. The molecule has 0 amide bonds. The van der Waals surface area contributed by atoms with Gasteiger partial charge in [0.1, 0.15) is 24.0 Å². The molecule has 0 N–H and O–H groups in total. The molecule has 0 saturated carbocycles. The zero-order valence-electron chi connectivity index (χ0n) is 42.6. The van der Waals surface area contributed by atoms with Crippen molar-refractivity contribution in [2.45, 2.75) is 52.4 Å². The Balaban J connectivity index is 0.906. The number of fused-ring (bicyclic) bond motifs is 8. The molecule has 0 bridgehead atoms. The molecular formula is C68H56N4OS. The van der Waals surface area contributed by atoms with Gasteiger partial charge in [-0.15, -0.1) is 11.3 Å². The first-order valence-corrected chi connectivity index (χ1v) is 26.4. The van der Waals surface area contributed by atoms with Gasteiger partial charge >= 0.3 is 0 Å². The predicted octanol–water partition coefficient (Wildman–Crippen LogP) is 19.2. The third kappa shape index (κ3) is 7.89. The molecule has 3 aromatic heterocycles. The van der Waals surface area contributed by atoms with E-state index in [-0.39, 0.29) is 10.8 Å². The van der Waals surface area contributed by atoms with E-state index in [1.807, 2.05) is 17.5 Å². The molecule has 1 aliphatic rings. The van der Waals surface area contributed by atoms with Crippen LogP contribution in [0.1, 0.15) is 52.7 Å². The molecule has 5 nitrogen and oxygen atoms in total. The number of pyridine rings is 1. The molecular weight excluding hydrogens is 921 g/mol. The Kier molecular flexibility index (Phi) is 10.8. The van der Waals surface area contributed by atoms with Crippen LogP contribution in [-0.2, 0) is 10.8 Å². The number of anilines is 4. The minimum absolute atomic E-state index is 0.0454. The van der Waals surface area contributed by atoms with Crippen molar-refractivity contribution in [1.29, 1.82) is 0 Å². The minimum Gasteiger partial charge on any atom is -0.457 e. The van der Waals surface area contributed by atoms with Crippen LogP contribution in [0.4, 0.5) is 22.7 Å². The van der Waals surface area contributed by atoms with Crippen LogP contribution in [0.15, 0.2) is 219 Å². The quantitative estimate of drug-likeness (QED) is 0.152. The maximum Gasteiger partial charge on any atom is 0.137 e. The average molecular weight is 977 g/mol. The Morgan fingerprint density at radius 2 is 1.16 bits per heavy atom. The Morgan fingerprint density at radius 3 is 1.96 bits per heavy atom. The Morgan fingerprint density at radius 1 is 0.486 bits per heavy atom. The van der Waals surface area contributed by atoms with Gasteiger partial charge in [-0.05, 0) is 116 Å². The number of thiophene rings is 1.